The van der Waals surface area contributed by atoms with Crippen molar-refractivity contribution < 1.29 is 0 Å². The molecule has 0 aliphatic rings. The van der Waals surface area contributed by atoms with Crippen LogP contribution in [0.25, 0.3) is 11.2 Å². The molecular formula is C12H9ClN6O. The molecule has 3 N–H and O–H groups in total. The first kappa shape index (κ1) is 12.4. The van der Waals surface area contributed by atoms with Crippen molar-refractivity contribution in [2.45, 2.75) is 0 Å². The molecule has 0 saturated heterocycles. The minimum atomic E-state index is -0.481. The standard InChI is InChI=1S/C12H9ClN6O/c13-8-3-1-7(2-4-8)5-16-19-11-9-10(15-6-14-9)17-12(20)18-11/h1-6H,(H3,14,15,17,18,19,20). The molecule has 7 nitrogen and oxygen atoms in total. The molecule has 0 atom stereocenters. The SMILES string of the molecule is O=c1nc(NN=Cc2ccc(Cl)cc2)c2nc[nH]c2[nH]1. The highest BCUT2D eigenvalue weighted by atomic mass is 35.5. The fourth-order valence-corrected chi connectivity index (χ4v) is 1.78. The molecule has 100 valence electrons. The van der Waals surface area contributed by atoms with Gasteiger partial charge in [-0.1, -0.05) is 23.7 Å². The fourth-order valence-electron chi connectivity index (χ4n) is 1.65. The van der Waals surface area contributed by atoms with E-state index in [1.165, 1.54) is 6.33 Å². The molecule has 0 aliphatic carbocycles. The molecule has 3 rings (SSSR count). The molecule has 2 aromatic heterocycles. The van der Waals surface area contributed by atoms with E-state index in [4.69, 9.17) is 11.6 Å². The third kappa shape index (κ3) is 2.52. The molecule has 2 heterocycles. The Morgan fingerprint density at radius 3 is 2.90 bits per heavy atom. The molecule has 0 fully saturated rings. The second-order valence-corrected chi connectivity index (χ2v) is 4.37. The van der Waals surface area contributed by atoms with E-state index in [2.05, 4.69) is 30.5 Å². The van der Waals surface area contributed by atoms with Crippen molar-refractivity contribution in [3.8, 4) is 0 Å². The number of imidazole rings is 1. The zero-order chi connectivity index (χ0) is 13.9. The van der Waals surface area contributed by atoms with Gasteiger partial charge in [0.2, 0.25) is 0 Å². The number of hydrogen-bond acceptors (Lipinski definition) is 5. The van der Waals surface area contributed by atoms with Crippen molar-refractivity contribution in [2.24, 2.45) is 5.10 Å². The van der Waals surface area contributed by atoms with Crippen molar-refractivity contribution >= 4 is 34.8 Å². The summed E-state index contributed by atoms with van der Waals surface area (Å²) >= 11 is 5.79. The molecule has 3 aromatic rings. The van der Waals surface area contributed by atoms with Crippen LogP contribution in [0.4, 0.5) is 5.82 Å². The third-order valence-corrected chi connectivity index (χ3v) is 2.81. The molecule has 20 heavy (non-hydrogen) atoms. The maximum absolute atomic E-state index is 11.4. The summed E-state index contributed by atoms with van der Waals surface area (Å²) in [5, 5.41) is 4.68. The lowest BCUT2D eigenvalue weighted by molar-refractivity contribution is 1.09. The lowest BCUT2D eigenvalue weighted by Gasteiger charge is -1.99. The monoisotopic (exact) mass is 288 g/mol. The number of anilines is 1. The van der Waals surface area contributed by atoms with Gasteiger partial charge >= 0.3 is 5.69 Å². The van der Waals surface area contributed by atoms with E-state index >= 15 is 0 Å². The van der Waals surface area contributed by atoms with Crippen LogP contribution < -0.4 is 11.1 Å². The summed E-state index contributed by atoms with van der Waals surface area (Å²) < 4.78 is 0. The average molecular weight is 289 g/mol. The molecule has 0 spiro atoms. The maximum atomic E-state index is 11.4. The van der Waals surface area contributed by atoms with Crippen molar-refractivity contribution in [1.82, 2.24) is 19.9 Å². The number of halogens is 1. The van der Waals surface area contributed by atoms with Gasteiger partial charge in [-0.2, -0.15) is 10.1 Å². The highest BCUT2D eigenvalue weighted by molar-refractivity contribution is 6.30. The highest BCUT2D eigenvalue weighted by Gasteiger charge is 2.05. The molecular weight excluding hydrogens is 280 g/mol. The summed E-state index contributed by atoms with van der Waals surface area (Å²) in [4.78, 5) is 24.5. The van der Waals surface area contributed by atoms with Gasteiger partial charge in [0.1, 0.15) is 11.2 Å². The third-order valence-electron chi connectivity index (χ3n) is 2.56. The van der Waals surface area contributed by atoms with Gasteiger partial charge in [0.25, 0.3) is 0 Å². The van der Waals surface area contributed by atoms with Gasteiger partial charge in [0.05, 0.1) is 12.5 Å². The maximum Gasteiger partial charge on any atom is 0.348 e. The van der Waals surface area contributed by atoms with Crippen LogP contribution in [0.2, 0.25) is 5.02 Å². The lowest BCUT2D eigenvalue weighted by Crippen LogP contribution is -2.12. The molecule has 8 heteroatoms. The predicted octanol–water partition coefficient (Wildman–Crippen LogP) is 1.75. The number of H-pyrrole nitrogens is 2. The average Bonchev–Trinajstić information content (AvgIpc) is 2.89. The first-order valence-corrected chi connectivity index (χ1v) is 6.08. The number of hydrazone groups is 1. The first-order valence-electron chi connectivity index (χ1n) is 5.70. The fraction of sp³-hybridized carbons (Fsp3) is 0. The van der Waals surface area contributed by atoms with Crippen molar-refractivity contribution in [1.29, 1.82) is 0 Å². The summed E-state index contributed by atoms with van der Waals surface area (Å²) in [6.07, 6.45) is 3.06. The van der Waals surface area contributed by atoms with Gasteiger partial charge in [0, 0.05) is 5.02 Å². The topological polar surface area (TPSA) is 98.8 Å². The van der Waals surface area contributed by atoms with Crippen LogP contribution in [0, 0.1) is 0 Å². The van der Waals surface area contributed by atoms with E-state index < -0.39 is 5.69 Å². The second-order valence-electron chi connectivity index (χ2n) is 3.94. The van der Waals surface area contributed by atoms with Gasteiger partial charge in [-0.25, -0.2) is 9.78 Å². The van der Waals surface area contributed by atoms with Crippen molar-refractivity contribution in [2.75, 3.05) is 5.43 Å². The Morgan fingerprint density at radius 2 is 2.10 bits per heavy atom. The van der Waals surface area contributed by atoms with Crippen LogP contribution in [0.3, 0.4) is 0 Å². The summed E-state index contributed by atoms with van der Waals surface area (Å²) in [5.74, 6) is 0.287. The van der Waals surface area contributed by atoms with E-state index in [1.54, 1.807) is 18.3 Å². The normalized spacial score (nSPS) is 11.2. The minimum absolute atomic E-state index is 0.287. The molecule has 0 radical (unpaired) electrons. The van der Waals surface area contributed by atoms with Crippen LogP contribution in [0.15, 0.2) is 40.5 Å². The summed E-state index contributed by atoms with van der Waals surface area (Å²) in [7, 11) is 0. The molecule has 1 aromatic carbocycles. The van der Waals surface area contributed by atoms with Crippen LogP contribution in [0.1, 0.15) is 5.56 Å². The number of rotatable bonds is 3. The molecule has 0 saturated carbocycles. The lowest BCUT2D eigenvalue weighted by atomic mass is 10.2. The second kappa shape index (κ2) is 5.14. The van der Waals surface area contributed by atoms with Crippen molar-refractivity contribution in [3.05, 3.63) is 51.7 Å². The van der Waals surface area contributed by atoms with Gasteiger partial charge in [-0.05, 0) is 17.7 Å². The van der Waals surface area contributed by atoms with E-state index in [1.807, 2.05) is 12.1 Å². The molecule has 0 unspecified atom stereocenters. The minimum Gasteiger partial charge on any atom is -0.331 e. The van der Waals surface area contributed by atoms with Gasteiger partial charge in [0.15, 0.2) is 5.82 Å². The van der Waals surface area contributed by atoms with E-state index in [-0.39, 0.29) is 5.82 Å². The zero-order valence-corrected chi connectivity index (χ0v) is 10.8. The Bertz CT molecular complexity index is 820. The Morgan fingerprint density at radius 1 is 1.30 bits per heavy atom. The Labute approximate surface area is 117 Å². The number of benzene rings is 1. The van der Waals surface area contributed by atoms with Crippen LogP contribution >= 0.6 is 11.6 Å². The summed E-state index contributed by atoms with van der Waals surface area (Å²) in [6, 6.07) is 7.17. The zero-order valence-electron chi connectivity index (χ0n) is 10.1. The number of fused-ring (bicyclic) bond motifs is 1. The summed E-state index contributed by atoms with van der Waals surface area (Å²) in [6.45, 7) is 0. The van der Waals surface area contributed by atoms with Crippen molar-refractivity contribution in [3.63, 3.8) is 0 Å². The van der Waals surface area contributed by atoms with E-state index in [0.29, 0.717) is 16.2 Å². The largest absolute Gasteiger partial charge is 0.348 e. The quantitative estimate of drug-likeness (QED) is 0.505. The van der Waals surface area contributed by atoms with Gasteiger partial charge in [-0.15, -0.1) is 0 Å². The number of nitrogens with zero attached hydrogens (tertiary/aromatic N) is 3. The van der Waals surface area contributed by atoms with E-state index in [9.17, 15) is 4.79 Å². The Hall–Kier alpha value is -2.67. The predicted molar refractivity (Wildman–Crippen MR) is 77.2 cm³/mol. The number of aromatic amines is 2. The van der Waals surface area contributed by atoms with Crippen LogP contribution in [0.5, 0.6) is 0 Å². The number of aromatic nitrogens is 4. The van der Waals surface area contributed by atoms with Gasteiger partial charge in [-0.3, -0.25) is 10.4 Å². The summed E-state index contributed by atoms with van der Waals surface area (Å²) in [5.41, 5.74) is 4.09. The molecule has 0 aliphatic heterocycles. The Kier molecular flexibility index (Phi) is 3.18. The van der Waals surface area contributed by atoms with E-state index in [0.717, 1.165) is 5.56 Å². The smallest absolute Gasteiger partial charge is 0.331 e. The molecule has 0 bridgehead atoms. The first-order chi connectivity index (χ1) is 9.72. The molecule has 0 amide bonds. The number of nitrogens with one attached hydrogen (secondary N) is 3. The van der Waals surface area contributed by atoms with Crippen LogP contribution in [-0.2, 0) is 0 Å². The van der Waals surface area contributed by atoms with Crippen LogP contribution in [-0.4, -0.2) is 26.2 Å². The highest BCUT2D eigenvalue weighted by Crippen LogP contribution is 2.12. The van der Waals surface area contributed by atoms with Gasteiger partial charge < -0.3 is 4.98 Å². The number of hydrogen-bond donors (Lipinski definition) is 3. The Balaban J connectivity index is 1.84.